The minimum atomic E-state index is 0.461. The summed E-state index contributed by atoms with van der Waals surface area (Å²) in [6.07, 6.45) is 0. The highest BCUT2D eigenvalue weighted by atomic mass is 79.9. The second-order valence-corrected chi connectivity index (χ2v) is 4.28. The third-order valence-electron chi connectivity index (χ3n) is 2.08. The maximum absolute atomic E-state index is 3.57. The highest BCUT2D eigenvalue weighted by Gasteiger charge is 2.04. The molecule has 0 nitrogen and oxygen atoms in total. The average Bonchev–Trinajstić information content (AvgIpc) is 1.94. The third-order valence-corrected chi connectivity index (χ3v) is 2.57. The molecule has 1 heteroatoms. The third kappa shape index (κ3) is 1.84. The van der Waals surface area contributed by atoms with Crippen LogP contribution in [0.1, 0.15) is 28.4 Å². The second-order valence-electron chi connectivity index (χ2n) is 2.91. The van der Waals surface area contributed by atoms with E-state index in [4.69, 9.17) is 0 Å². The molecule has 0 aromatic heterocycles. The summed E-state index contributed by atoms with van der Waals surface area (Å²) in [4.78, 5) is 0.461. The lowest BCUT2D eigenvalue weighted by molar-refractivity contribution is 1.08. The van der Waals surface area contributed by atoms with Gasteiger partial charge in [0, 0.05) is 4.83 Å². The van der Waals surface area contributed by atoms with Gasteiger partial charge < -0.3 is 0 Å². The zero-order valence-corrected chi connectivity index (χ0v) is 8.77. The fourth-order valence-electron chi connectivity index (χ4n) is 1.20. The Morgan fingerprint density at radius 2 is 1.91 bits per heavy atom. The molecule has 0 aliphatic heterocycles. The van der Waals surface area contributed by atoms with Gasteiger partial charge in [-0.1, -0.05) is 34.1 Å². The van der Waals surface area contributed by atoms with Crippen LogP contribution in [-0.4, -0.2) is 0 Å². The topological polar surface area (TPSA) is 0 Å². The van der Waals surface area contributed by atoms with Crippen molar-refractivity contribution in [2.75, 3.05) is 0 Å². The molecule has 1 aromatic rings. The van der Waals surface area contributed by atoms with Crippen molar-refractivity contribution in [3.8, 4) is 0 Å². The fourth-order valence-corrected chi connectivity index (χ4v) is 1.70. The van der Waals surface area contributed by atoms with Crippen LogP contribution < -0.4 is 0 Å². The molecule has 0 heterocycles. The normalized spacial score (nSPS) is 13.1. The van der Waals surface area contributed by atoms with Crippen molar-refractivity contribution in [3.05, 3.63) is 34.9 Å². The lowest BCUT2D eigenvalue weighted by Gasteiger charge is -2.09. The van der Waals surface area contributed by atoms with E-state index < -0.39 is 0 Å². The molecule has 0 bridgehead atoms. The summed E-state index contributed by atoms with van der Waals surface area (Å²) >= 11 is 3.57. The molecule has 0 N–H and O–H groups in total. The van der Waals surface area contributed by atoms with Gasteiger partial charge >= 0.3 is 0 Å². The van der Waals surface area contributed by atoms with E-state index in [9.17, 15) is 0 Å². The van der Waals surface area contributed by atoms with E-state index in [2.05, 4.69) is 54.9 Å². The quantitative estimate of drug-likeness (QED) is 0.623. The Bertz CT molecular complexity index is 251. The Morgan fingerprint density at radius 3 is 2.36 bits per heavy atom. The Hall–Kier alpha value is -0.300. The average molecular weight is 213 g/mol. The number of alkyl halides is 1. The van der Waals surface area contributed by atoms with Gasteiger partial charge in [-0.3, -0.25) is 0 Å². The van der Waals surface area contributed by atoms with E-state index in [1.807, 2.05) is 0 Å². The van der Waals surface area contributed by atoms with Crippen LogP contribution in [0.5, 0.6) is 0 Å². The van der Waals surface area contributed by atoms with E-state index in [0.717, 1.165) is 0 Å². The Morgan fingerprint density at radius 1 is 1.27 bits per heavy atom. The summed E-state index contributed by atoms with van der Waals surface area (Å²) in [7, 11) is 0. The SMILES string of the molecule is Cc1cccc(C(C)Br)c1C. The van der Waals surface area contributed by atoms with E-state index in [1.54, 1.807) is 0 Å². The maximum Gasteiger partial charge on any atom is 0.0369 e. The van der Waals surface area contributed by atoms with Crippen LogP contribution in [0.15, 0.2) is 18.2 Å². The summed E-state index contributed by atoms with van der Waals surface area (Å²) in [5.41, 5.74) is 4.16. The molecular weight excluding hydrogens is 200 g/mol. The number of aryl methyl sites for hydroxylation is 1. The Kier molecular flexibility index (Phi) is 2.72. The van der Waals surface area contributed by atoms with Gasteiger partial charge in [0.2, 0.25) is 0 Å². The van der Waals surface area contributed by atoms with Gasteiger partial charge in [-0.2, -0.15) is 0 Å². The van der Waals surface area contributed by atoms with E-state index in [0.29, 0.717) is 4.83 Å². The molecule has 0 radical (unpaired) electrons. The van der Waals surface area contributed by atoms with Crippen LogP contribution in [0.2, 0.25) is 0 Å². The van der Waals surface area contributed by atoms with Gasteiger partial charge in [0.1, 0.15) is 0 Å². The van der Waals surface area contributed by atoms with Crippen molar-refractivity contribution in [2.45, 2.75) is 25.6 Å². The molecule has 0 fully saturated rings. The lowest BCUT2D eigenvalue weighted by atomic mass is 10.0. The molecule has 0 aliphatic carbocycles. The van der Waals surface area contributed by atoms with Gasteiger partial charge in [0.05, 0.1) is 0 Å². The largest absolute Gasteiger partial charge is 0.0842 e. The molecule has 0 amide bonds. The zero-order chi connectivity index (χ0) is 8.43. The minimum Gasteiger partial charge on any atom is -0.0842 e. The highest BCUT2D eigenvalue weighted by molar-refractivity contribution is 9.09. The molecule has 1 unspecified atom stereocenters. The molecule has 0 saturated carbocycles. The number of halogens is 1. The monoisotopic (exact) mass is 212 g/mol. The smallest absolute Gasteiger partial charge is 0.0369 e. The standard InChI is InChI=1S/C10H13Br/c1-7-5-4-6-10(8(7)2)9(3)11/h4-6,9H,1-3H3. The molecule has 60 valence electrons. The van der Waals surface area contributed by atoms with Crippen molar-refractivity contribution in [1.82, 2.24) is 0 Å². The number of rotatable bonds is 1. The number of benzene rings is 1. The summed E-state index contributed by atoms with van der Waals surface area (Å²) in [6, 6.07) is 6.42. The van der Waals surface area contributed by atoms with Crippen LogP contribution in [0.25, 0.3) is 0 Å². The summed E-state index contributed by atoms with van der Waals surface area (Å²) in [5, 5.41) is 0. The molecule has 0 saturated heterocycles. The van der Waals surface area contributed by atoms with Crippen molar-refractivity contribution in [2.24, 2.45) is 0 Å². The van der Waals surface area contributed by atoms with Gasteiger partial charge in [-0.15, -0.1) is 0 Å². The zero-order valence-electron chi connectivity index (χ0n) is 7.19. The second kappa shape index (κ2) is 3.40. The predicted molar refractivity (Wildman–Crippen MR) is 53.3 cm³/mol. The molecule has 0 aliphatic rings. The van der Waals surface area contributed by atoms with Crippen LogP contribution in [0.3, 0.4) is 0 Å². The van der Waals surface area contributed by atoms with Crippen LogP contribution >= 0.6 is 15.9 Å². The number of hydrogen-bond donors (Lipinski definition) is 0. The summed E-state index contributed by atoms with van der Waals surface area (Å²) in [5.74, 6) is 0. The van der Waals surface area contributed by atoms with Gasteiger partial charge in [-0.25, -0.2) is 0 Å². The van der Waals surface area contributed by atoms with Crippen LogP contribution in [0, 0.1) is 13.8 Å². The molecule has 1 aromatic carbocycles. The number of hydrogen-bond acceptors (Lipinski definition) is 0. The summed E-state index contributed by atoms with van der Waals surface area (Å²) < 4.78 is 0. The molecule has 1 rings (SSSR count). The van der Waals surface area contributed by atoms with Crippen molar-refractivity contribution >= 4 is 15.9 Å². The Balaban J connectivity index is 3.17. The van der Waals surface area contributed by atoms with Gasteiger partial charge in [-0.05, 0) is 37.5 Å². The molecular formula is C10H13Br. The van der Waals surface area contributed by atoms with Gasteiger partial charge in [0.25, 0.3) is 0 Å². The van der Waals surface area contributed by atoms with Crippen molar-refractivity contribution in [3.63, 3.8) is 0 Å². The first-order valence-electron chi connectivity index (χ1n) is 3.83. The van der Waals surface area contributed by atoms with Crippen molar-refractivity contribution < 1.29 is 0 Å². The fraction of sp³-hybridized carbons (Fsp3) is 0.400. The molecule has 11 heavy (non-hydrogen) atoms. The highest BCUT2D eigenvalue weighted by Crippen LogP contribution is 2.26. The van der Waals surface area contributed by atoms with E-state index in [-0.39, 0.29) is 0 Å². The Labute approximate surface area is 76.8 Å². The van der Waals surface area contributed by atoms with E-state index >= 15 is 0 Å². The maximum atomic E-state index is 3.57. The minimum absolute atomic E-state index is 0.461. The predicted octanol–water partition coefficient (Wildman–Crippen LogP) is 3.76. The first-order chi connectivity index (χ1) is 5.13. The van der Waals surface area contributed by atoms with E-state index in [1.165, 1.54) is 16.7 Å². The first-order valence-corrected chi connectivity index (χ1v) is 4.74. The molecule has 1 atom stereocenters. The lowest BCUT2D eigenvalue weighted by Crippen LogP contribution is -1.90. The summed E-state index contributed by atoms with van der Waals surface area (Å²) in [6.45, 7) is 6.47. The van der Waals surface area contributed by atoms with Gasteiger partial charge in [0.15, 0.2) is 0 Å². The van der Waals surface area contributed by atoms with Crippen molar-refractivity contribution in [1.29, 1.82) is 0 Å². The molecule has 0 spiro atoms. The van der Waals surface area contributed by atoms with Crippen LogP contribution in [-0.2, 0) is 0 Å². The van der Waals surface area contributed by atoms with Crippen LogP contribution in [0.4, 0.5) is 0 Å². The first kappa shape index (κ1) is 8.79.